The summed E-state index contributed by atoms with van der Waals surface area (Å²) in [6.45, 7) is 5.40. The van der Waals surface area contributed by atoms with Crippen molar-refractivity contribution in [3.05, 3.63) is 65.5 Å². The van der Waals surface area contributed by atoms with E-state index in [1.54, 1.807) is 24.6 Å². The molecule has 2 aromatic heterocycles. The number of amides is 2. The van der Waals surface area contributed by atoms with Crippen molar-refractivity contribution in [2.45, 2.75) is 19.9 Å². The van der Waals surface area contributed by atoms with Gasteiger partial charge in [0.2, 0.25) is 0 Å². The van der Waals surface area contributed by atoms with Gasteiger partial charge in [0.05, 0.1) is 18.9 Å². The molecule has 7 nitrogen and oxygen atoms in total. The van der Waals surface area contributed by atoms with Gasteiger partial charge in [0, 0.05) is 56.1 Å². The third kappa shape index (κ3) is 4.59. The zero-order chi connectivity index (χ0) is 23.5. The summed E-state index contributed by atoms with van der Waals surface area (Å²) in [7, 11) is 1.66. The van der Waals surface area contributed by atoms with Crippen LogP contribution in [-0.2, 0) is 6.54 Å². The molecule has 34 heavy (non-hydrogen) atoms. The van der Waals surface area contributed by atoms with E-state index in [9.17, 15) is 4.79 Å². The highest BCUT2D eigenvalue weighted by atomic mass is 32.1. The number of rotatable bonds is 5. The van der Waals surface area contributed by atoms with Crippen molar-refractivity contribution in [1.29, 1.82) is 0 Å². The van der Waals surface area contributed by atoms with Gasteiger partial charge in [0.15, 0.2) is 11.7 Å². The van der Waals surface area contributed by atoms with Gasteiger partial charge in [-0.25, -0.2) is 9.78 Å². The molecule has 1 saturated heterocycles. The maximum absolute atomic E-state index is 12.9. The van der Waals surface area contributed by atoms with Crippen molar-refractivity contribution in [3.63, 3.8) is 0 Å². The van der Waals surface area contributed by atoms with E-state index >= 15 is 0 Å². The fraction of sp³-hybridized carbons (Fsp3) is 0.308. The minimum atomic E-state index is -0.0102. The van der Waals surface area contributed by atoms with Crippen LogP contribution in [0, 0.1) is 6.92 Å². The number of hydrogen-bond acceptors (Lipinski definition) is 6. The van der Waals surface area contributed by atoms with Crippen molar-refractivity contribution >= 4 is 33.1 Å². The molecular formula is C26H28N4O3S. The highest BCUT2D eigenvalue weighted by Gasteiger charge is 2.21. The standard InChI is InChI=1S/C26H28N4O3S/c1-18-27-17-24(33-18)22-8-7-21(15-23(22)32-2)29-10-4-11-30(13-12-29)26(31)28-16-20-6-3-5-19-9-14-34-25(19)20/h3,5-9,14-15,17H,4,10-13,16H2,1-2H3,(H,28,31). The number of aryl methyl sites for hydroxylation is 1. The number of fused-ring (bicyclic) bond motifs is 1. The van der Waals surface area contributed by atoms with Crippen LogP contribution in [0.15, 0.2) is 58.5 Å². The Labute approximate surface area is 203 Å². The maximum Gasteiger partial charge on any atom is 0.317 e. The van der Waals surface area contributed by atoms with Gasteiger partial charge in [-0.3, -0.25) is 0 Å². The Morgan fingerprint density at radius 2 is 2.09 bits per heavy atom. The summed E-state index contributed by atoms with van der Waals surface area (Å²) in [5.74, 6) is 2.06. The number of benzene rings is 2. The van der Waals surface area contributed by atoms with Crippen molar-refractivity contribution in [1.82, 2.24) is 15.2 Å². The number of aromatic nitrogens is 1. The third-order valence-corrected chi connectivity index (χ3v) is 7.22. The molecule has 176 valence electrons. The number of nitrogens with one attached hydrogen (secondary N) is 1. The van der Waals surface area contributed by atoms with E-state index in [1.807, 2.05) is 30.0 Å². The Kier molecular flexibility index (Phi) is 6.40. The molecule has 0 bridgehead atoms. The van der Waals surface area contributed by atoms with Crippen LogP contribution in [-0.4, -0.2) is 49.2 Å². The van der Waals surface area contributed by atoms with Gasteiger partial charge in [-0.15, -0.1) is 11.3 Å². The fourth-order valence-electron chi connectivity index (χ4n) is 4.42. The minimum Gasteiger partial charge on any atom is -0.496 e. The maximum atomic E-state index is 12.9. The molecule has 0 spiro atoms. The van der Waals surface area contributed by atoms with E-state index in [1.165, 1.54) is 10.1 Å². The minimum absolute atomic E-state index is 0.0102. The number of carbonyl (C=O) groups is 1. The Bertz CT molecular complexity index is 1300. The average Bonchev–Trinajstić information content (AvgIpc) is 3.44. The highest BCUT2D eigenvalue weighted by Crippen LogP contribution is 2.34. The SMILES string of the molecule is COc1cc(N2CCCN(C(=O)NCc3cccc4ccsc34)CC2)ccc1-c1cnc(C)o1. The van der Waals surface area contributed by atoms with Crippen molar-refractivity contribution in [3.8, 4) is 17.1 Å². The first-order valence-electron chi connectivity index (χ1n) is 11.5. The van der Waals surface area contributed by atoms with Gasteiger partial charge in [-0.05, 0) is 40.9 Å². The lowest BCUT2D eigenvalue weighted by atomic mass is 10.1. The van der Waals surface area contributed by atoms with Gasteiger partial charge < -0.3 is 24.3 Å². The molecule has 3 heterocycles. The molecule has 1 fully saturated rings. The van der Waals surface area contributed by atoms with Crippen LogP contribution in [0.5, 0.6) is 5.75 Å². The number of oxazole rings is 1. The van der Waals surface area contributed by atoms with Gasteiger partial charge in [0.25, 0.3) is 0 Å². The molecule has 1 N–H and O–H groups in total. The smallest absolute Gasteiger partial charge is 0.317 e. The van der Waals surface area contributed by atoms with Crippen LogP contribution < -0.4 is 15.0 Å². The van der Waals surface area contributed by atoms with E-state index in [0.717, 1.165) is 48.6 Å². The van der Waals surface area contributed by atoms with E-state index in [4.69, 9.17) is 9.15 Å². The first kappa shape index (κ1) is 22.3. The number of hydrogen-bond donors (Lipinski definition) is 1. The number of nitrogens with zero attached hydrogens (tertiary/aromatic N) is 3. The molecular weight excluding hydrogens is 448 g/mol. The topological polar surface area (TPSA) is 70.8 Å². The van der Waals surface area contributed by atoms with Crippen LogP contribution >= 0.6 is 11.3 Å². The summed E-state index contributed by atoms with van der Waals surface area (Å²) in [5, 5.41) is 6.43. The zero-order valence-electron chi connectivity index (χ0n) is 19.4. The lowest BCUT2D eigenvalue weighted by molar-refractivity contribution is 0.201. The highest BCUT2D eigenvalue weighted by molar-refractivity contribution is 7.17. The fourth-order valence-corrected chi connectivity index (χ4v) is 5.34. The molecule has 0 unspecified atom stereocenters. The Balaban J connectivity index is 1.23. The van der Waals surface area contributed by atoms with Gasteiger partial charge in [-0.1, -0.05) is 18.2 Å². The summed E-state index contributed by atoms with van der Waals surface area (Å²) >= 11 is 1.71. The van der Waals surface area contributed by atoms with Gasteiger partial charge >= 0.3 is 6.03 Å². The van der Waals surface area contributed by atoms with Crippen LogP contribution in [0.1, 0.15) is 17.9 Å². The Hall–Kier alpha value is -3.52. The van der Waals surface area contributed by atoms with Gasteiger partial charge in [-0.2, -0.15) is 0 Å². The lowest BCUT2D eigenvalue weighted by Gasteiger charge is -2.24. The van der Waals surface area contributed by atoms with E-state index in [0.29, 0.717) is 24.7 Å². The molecule has 4 aromatic rings. The summed E-state index contributed by atoms with van der Waals surface area (Å²) < 4.78 is 12.6. The molecule has 2 amide bonds. The average molecular weight is 477 g/mol. The van der Waals surface area contributed by atoms with E-state index in [-0.39, 0.29) is 6.03 Å². The van der Waals surface area contributed by atoms with Crippen molar-refractivity contribution < 1.29 is 13.9 Å². The summed E-state index contributed by atoms with van der Waals surface area (Å²) in [6.07, 6.45) is 2.62. The second-order valence-corrected chi connectivity index (χ2v) is 9.29. The van der Waals surface area contributed by atoms with Crippen LogP contribution in [0.2, 0.25) is 0 Å². The summed E-state index contributed by atoms with van der Waals surface area (Å²) in [4.78, 5) is 21.3. The molecule has 2 aromatic carbocycles. The second-order valence-electron chi connectivity index (χ2n) is 8.37. The Morgan fingerprint density at radius 3 is 2.91 bits per heavy atom. The monoisotopic (exact) mass is 476 g/mol. The molecule has 5 rings (SSSR count). The summed E-state index contributed by atoms with van der Waals surface area (Å²) in [6, 6.07) is 14.5. The van der Waals surface area contributed by atoms with Crippen LogP contribution in [0.25, 0.3) is 21.4 Å². The normalized spacial score (nSPS) is 14.3. The molecule has 0 radical (unpaired) electrons. The predicted octanol–water partition coefficient (Wildman–Crippen LogP) is 5.30. The van der Waals surface area contributed by atoms with Crippen molar-refractivity contribution in [2.75, 3.05) is 38.2 Å². The van der Waals surface area contributed by atoms with Crippen molar-refractivity contribution in [2.24, 2.45) is 0 Å². The number of methoxy groups -OCH3 is 1. The lowest BCUT2D eigenvalue weighted by Crippen LogP contribution is -2.41. The largest absolute Gasteiger partial charge is 0.496 e. The number of thiophene rings is 1. The second kappa shape index (κ2) is 9.77. The van der Waals surface area contributed by atoms with Crippen LogP contribution in [0.3, 0.4) is 0 Å². The zero-order valence-corrected chi connectivity index (χ0v) is 20.2. The first-order valence-corrected chi connectivity index (χ1v) is 12.3. The first-order chi connectivity index (χ1) is 16.6. The van der Waals surface area contributed by atoms with E-state index in [2.05, 4.69) is 44.8 Å². The summed E-state index contributed by atoms with van der Waals surface area (Å²) in [5.41, 5.74) is 3.11. The number of carbonyl (C=O) groups excluding carboxylic acids is 1. The Morgan fingerprint density at radius 1 is 1.18 bits per heavy atom. The van der Waals surface area contributed by atoms with Gasteiger partial charge in [0.1, 0.15) is 5.75 Å². The molecule has 8 heteroatoms. The predicted molar refractivity (Wildman–Crippen MR) is 136 cm³/mol. The number of anilines is 1. The molecule has 0 atom stereocenters. The number of ether oxygens (including phenoxy) is 1. The number of urea groups is 1. The molecule has 1 aliphatic heterocycles. The van der Waals surface area contributed by atoms with Crippen LogP contribution in [0.4, 0.5) is 10.5 Å². The molecule has 1 aliphatic rings. The quantitative estimate of drug-likeness (QED) is 0.424. The third-order valence-electron chi connectivity index (χ3n) is 6.21. The molecule has 0 saturated carbocycles. The van der Waals surface area contributed by atoms with E-state index < -0.39 is 0 Å². The molecule has 0 aliphatic carbocycles.